The molecule has 3 aromatic rings. The van der Waals surface area contributed by atoms with Crippen molar-refractivity contribution in [2.45, 2.75) is 19.5 Å². The van der Waals surface area contributed by atoms with E-state index in [1.807, 2.05) is 23.7 Å². The lowest BCUT2D eigenvalue weighted by Gasteiger charge is -2.10. The molecule has 2 aromatic heterocycles. The highest BCUT2D eigenvalue weighted by Gasteiger charge is 2.12. The normalized spacial score (nSPS) is 12.9. The maximum absolute atomic E-state index is 5.86. The van der Waals surface area contributed by atoms with Crippen molar-refractivity contribution in [2.75, 3.05) is 0 Å². The molecule has 104 valence electrons. The van der Waals surface area contributed by atoms with Crippen molar-refractivity contribution in [1.82, 2.24) is 20.1 Å². The van der Waals surface area contributed by atoms with Crippen LogP contribution in [0.2, 0.25) is 0 Å². The monoisotopic (exact) mass is 334 g/mol. The SMILES string of the molecule is CC(NCc1nncn1C)c1cc2cc(Br)ccc2o1. The summed E-state index contributed by atoms with van der Waals surface area (Å²) in [4.78, 5) is 0. The predicted octanol–water partition coefficient (Wildman–Crippen LogP) is 3.17. The van der Waals surface area contributed by atoms with Crippen molar-refractivity contribution in [3.05, 3.63) is 46.7 Å². The van der Waals surface area contributed by atoms with Gasteiger partial charge in [-0.05, 0) is 31.2 Å². The molecule has 0 amide bonds. The fraction of sp³-hybridized carbons (Fsp3) is 0.286. The van der Waals surface area contributed by atoms with Crippen LogP contribution in [-0.4, -0.2) is 14.8 Å². The highest BCUT2D eigenvalue weighted by Crippen LogP contribution is 2.26. The van der Waals surface area contributed by atoms with E-state index in [0.29, 0.717) is 6.54 Å². The fourth-order valence-electron chi connectivity index (χ4n) is 2.06. The number of nitrogens with zero attached hydrogens (tertiary/aromatic N) is 3. The first-order chi connectivity index (χ1) is 9.63. The first-order valence-electron chi connectivity index (χ1n) is 6.39. The molecule has 0 aliphatic carbocycles. The molecule has 0 saturated carbocycles. The lowest BCUT2D eigenvalue weighted by atomic mass is 10.2. The highest BCUT2D eigenvalue weighted by molar-refractivity contribution is 9.10. The molecular formula is C14H15BrN4O. The van der Waals surface area contributed by atoms with Gasteiger partial charge in [-0.3, -0.25) is 0 Å². The standard InChI is InChI=1S/C14H15BrN4O/c1-9(16-7-14-18-17-8-19(14)2)13-6-10-5-11(15)3-4-12(10)20-13/h3-6,8-9,16H,7H2,1-2H3. The van der Waals surface area contributed by atoms with Gasteiger partial charge in [-0.25, -0.2) is 0 Å². The molecule has 0 aliphatic heterocycles. The van der Waals surface area contributed by atoms with Gasteiger partial charge in [0.05, 0.1) is 12.6 Å². The second-order valence-electron chi connectivity index (χ2n) is 4.79. The first-order valence-corrected chi connectivity index (χ1v) is 7.18. The second-order valence-corrected chi connectivity index (χ2v) is 5.71. The summed E-state index contributed by atoms with van der Waals surface area (Å²) in [6.07, 6.45) is 1.69. The molecule has 1 atom stereocenters. The average Bonchev–Trinajstić information content (AvgIpc) is 3.01. The Kier molecular flexibility index (Phi) is 3.58. The van der Waals surface area contributed by atoms with Gasteiger partial charge in [0.25, 0.3) is 0 Å². The maximum atomic E-state index is 5.86. The lowest BCUT2D eigenvalue weighted by molar-refractivity contribution is 0.444. The Labute approximate surface area is 125 Å². The van der Waals surface area contributed by atoms with Crippen molar-refractivity contribution in [3.8, 4) is 0 Å². The molecule has 20 heavy (non-hydrogen) atoms. The molecule has 0 fully saturated rings. The Bertz CT molecular complexity index is 734. The van der Waals surface area contributed by atoms with Crippen LogP contribution in [0.5, 0.6) is 0 Å². The molecule has 6 heteroatoms. The third kappa shape index (κ3) is 2.62. The molecule has 0 spiro atoms. The van der Waals surface area contributed by atoms with Gasteiger partial charge in [0.1, 0.15) is 23.5 Å². The maximum Gasteiger partial charge on any atom is 0.146 e. The van der Waals surface area contributed by atoms with Crippen LogP contribution in [0.25, 0.3) is 11.0 Å². The zero-order valence-corrected chi connectivity index (χ0v) is 12.9. The zero-order chi connectivity index (χ0) is 14.1. The fourth-order valence-corrected chi connectivity index (χ4v) is 2.44. The molecule has 1 unspecified atom stereocenters. The minimum absolute atomic E-state index is 0.109. The van der Waals surface area contributed by atoms with Gasteiger partial charge in [0, 0.05) is 16.9 Å². The summed E-state index contributed by atoms with van der Waals surface area (Å²) in [7, 11) is 1.93. The molecule has 3 rings (SSSR count). The number of furan rings is 1. The molecule has 1 aromatic carbocycles. The van der Waals surface area contributed by atoms with Gasteiger partial charge in [-0.15, -0.1) is 10.2 Å². The third-order valence-electron chi connectivity index (χ3n) is 3.30. The van der Waals surface area contributed by atoms with Crippen LogP contribution in [-0.2, 0) is 13.6 Å². The van der Waals surface area contributed by atoms with E-state index in [-0.39, 0.29) is 6.04 Å². The Hall–Kier alpha value is -1.66. The minimum Gasteiger partial charge on any atom is -0.459 e. The molecule has 5 nitrogen and oxygen atoms in total. The number of hydrogen-bond donors (Lipinski definition) is 1. The number of rotatable bonds is 4. The van der Waals surface area contributed by atoms with Crippen LogP contribution in [0.4, 0.5) is 0 Å². The van der Waals surface area contributed by atoms with Gasteiger partial charge in [-0.2, -0.15) is 0 Å². The van der Waals surface area contributed by atoms with E-state index >= 15 is 0 Å². The van der Waals surface area contributed by atoms with Crippen LogP contribution in [0.15, 0.2) is 39.5 Å². The number of nitrogens with one attached hydrogen (secondary N) is 1. The summed E-state index contributed by atoms with van der Waals surface area (Å²) in [5, 5.41) is 12.4. The Morgan fingerprint density at radius 1 is 1.40 bits per heavy atom. The van der Waals surface area contributed by atoms with Gasteiger partial charge >= 0.3 is 0 Å². The topological polar surface area (TPSA) is 55.9 Å². The Balaban J connectivity index is 1.75. The van der Waals surface area contributed by atoms with E-state index in [9.17, 15) is 0 Å². The summed E-state index contributed by atoms with van der Waals surface area (Å²) in [5.74, 6) is 1.82. The number of aryl methyl sites for hydroxylation is 1. The highest BCUT2D eigenvalue weighted by atomic mass is 79.9. The van der Waals surface area contributed by atoms with Crippen molar-refractivity contribution >= 4 is 26.9 Å². The van der Waals surface area contributed by atoms with Crippen molar-refractivity contribution in [1.29, 1.82) is 0 Å². The molecule has 0 aliphatic rings. The summed E-state index contributed by atoms with van der Waals surface area (Å²) >= 11 is 3.47. The van der Waals surface area contributed by atoms with Crippen LogP contribution in [0.3, 0.4) is 0 Å². The van der Waals surface area contributed by atoms with Crippen molar-refractivity contribution < 1.29 is 4.42 Å². The summed E-state index contributed by atoms with van der Waals surface area (Å²) < 4.78 is 8.81. The predicted molar refractivity (Wildman–Crippen MR) is 80.2 cm³/mol. The van der Waals surface area contributed by atoms with E-state index in [0.717, 1.165) is 27.0 Å². The third-order valence-corrected chi connectivity index (χ3v) is 3.79. The van der Waals surface area contributed by atoms with Crippen LogP contribution in [0.1, 0.15) is 24.6 Å². The number of fused-ring (bicyclic) bond motifs is 1. The molecule has 0 saturated heterocycles. The average molecular weight is 335 g/mol. The Morgan fingerprint density at radius 2 is 2.25 bits per heavy atom. The smallest absolute Gasteiger partial charge is 0.146 e. The van der Waals surface area contributed by atoms with Gasteiger partial charge < -0.3 is 14.3 Å². The van der Waals surface area contributed by atoms with Gasteiger partial charge in [0.15, 0.2) is 0 Å². The molecule has 0 bridgehead atoms. The second kappa shape index (κ2) is 5.38. The van der Waals surface area contributed by atoms with Crippen LogP contribution < -0.4 is 5.32 Å². The largest absolute Gasteiger partial charge is 0.459 e. The van der Waals surface area contributed by atoms with Crippen molar-refractivity contribution in [2.24, 2.45) is 7.05 Å². The van der Waals surface area contributed by atoms with Gasteiger partial charge in [0.2, 0.25) is 0 Å². The molecular weight excluding hydrogens is 320 g/mol. The van der Waals surface area contributed by atoms with Crippen LogP contribution >= 0.6 is 15.9 Å². The summed E-state index contributed by atoms with van der Waals surface area (Å²) in [6, 6.07) is 8.18. The summed E-state index contributed by atoms with van der Waals surface area (Å²) in [5.41, 5.74) is 0.899. The number of hydrogen-bond acceptors (Lipinski definition) is 4. The van der Waals surface area contributed by atoms with E-state index in [1.165, 1.54) is 0 Å². The zero-order valence-electron chi connectivity index (χ0n) is 11.3. The van der Waals surface area contributed by atoms with E-state index in [1.54, 1.807) is 6.33 Å². The lowest BCUT2D eigenvalue weighted by Crippen LogP contribution is -2.19. The minimum atomic E-state index is 0.109. The number of halogens is 1. The number of benzene rings is 1. The van der Waals surface area contributed by atoms with Gasteiger partial charge in [-0.1, -0.05) is 15.9 Å². The van der Waals surface area contributed by atoms with E-state index in [4.69, 9.17) is 4.42 Å². The van der Waals surface area contributed by atoms with Crippen molar-refractivity contribution in [3.63, 3.8) is 0 Å². The quantitative estimate of drug-likeness (QED) is 0.796. The van der Waals surface area contributed by atoms with Crippen LogP contribution in [0, 0.1) is 0 Å². The number of aromatic nitrogens is 3. The molecule has 1 N–H and O–H groups in total. The molecule has 0 radical (unpaired) electrons. The summed E-state index contributed by atoms with van der Waals surface area (Å²) in [6.45, 7) is 2.72. The molecule has 2 heterocycles. The van der Waals surface area contributed by atoms with E-state index in [2.05, 4.69) is 50.5 Å². The Morgan fingerprint density at radius 3 is 3.00 bits per heavy atom. The first kappa shape index (κ1) is 13.3. The van der Waals surface area contributed by atoms with E-state index < -0.39 is 0 Å².